The topological polar surface area (TPSA) is 88.5 Å². The van der Waals surface area contributed by atoms with Crippen molar-refractivity contribution in [1.29, 1.82) is 0 Å². The van der Waals surface area contributed by atoms with Crippen molar-refractivity contribution in [2.75, 3.05) is 6.54 Å². The fraction of sp³-hybridized carbons (Fsp3) is 0.286. The van der Waals surface area contributed by atoms with Crippen LogP contribution in [-0.2, 0) is 20.0 Å². The van der Waals surface area contributed by atoms with Gasteiger partial charge in [-0.1, -0.05) is 12.1 Å². The summed E-state index contributed by atoms with van der Waals surface area (Å²) < 4.78 is 1.68. The molecule has 2 aromatic heterocycles. The van der Waals surface area contributed by atoms with Crippen LogP contribution in [0, 0.1) is 0 Å². The molecule has 2 heterocycles. The summed E-state index contributed by atoms with van der Waals surface area (Å²) in [6, 6.07) is 7.31. The molecule has 0 bridgehead atoms. The molecular formula is C14H16N6O. The number of H-pyrrole nitrogens is 1. The normalized spacial score (nSPS) is 11.1. The number of aromatic amines is 1. The van der Waals surface area contributed by atoms with E-state index < -0.39 is 0 Å². The summed E-state index contributed by atoms with van der Waals surface area (Å²) in [6.07, 6.45) is 2.41. The lowest BCUT2D eigenvalue weighted by atomic mass is 10.2. The van der Waals surface area contributed by atoms with Crippen molar-refractivity contribution in [3.63, 3.8) is 0 Å². The van der Waals surface area contributed by atoms with Gasteiger partial charge < -0.3 is 10.3 Å². The highest BCUT2D eigenvalue weighted by molar-refractivity contribution is 5.77. The number of nitrogens with zero attached hydrogens (tertiary/aromatic N) is 4. The first-order chi connectivity index (χ1) is 10.2. The van der Waals surface area contributed by atoms with Crippen LogP contribution in [0.1, 0.15) is 11.6 Å². The molecule has 0 aliphatic heterocycles. The van der Waals surface area contributed by atoms with E-state index in [0.29, 0.717) is 23.3 Å². The Balaban J connectivity index is 1.61. The molecule has 0 spiro atoms. The zero-order chi connectivity index (χ0) is 14.7. The van der Waals surface area contributed by atoms with Gasteiger partial charge in [-0.2, -0.15) is 5.10 Å². The van der Waals surface area contributed by atoms with E-state index in [4.69, 9.17) is 0 Å². The lowest BCUT2D eigenvalue weighted by Gasteiger charge is -2.04. The predicted molar refractivity (Wildman–Crippen MR) is 78.8 cm³/mol. The highest BCUT2D eigenvalue weighted by Crippen LogP contribution is 2.05. The van der Waals surface area contributed by atoms with Gasteiger partial charge in [-0.25, -0.2) is 9.97 Å². The van der Waals surface area contributed by atoms with Crippen LogP contribution in [0.4, 0.5) is 0 Å². The molecule has 2 N–H and O–H groups in total. The van der Waals surface area contributed by atoms with E-state index in [1.807, 2.05) is 25.2 Å². The predicted octanol–water partition coefficient (Wildman–Crippen LogP) is 0.384. The van der Waals surface area contributed by atoms with Crippen LogP contribution in [0.2, 0.25) is 0 Å². The number of para-hydroxylation sites is 1. The zero-order valence-electron chi connectivity index (χ0n) is 11.7. The first-order valence-electron chi connectivity index (χ1n) is 6.75. The molecule has 3 rings (SSSR count). The van der Waals surface area contributed by atoms with Crippen LogP contribution in [-0.4, -0.2) is 31.3 Å². The van der Waals surface area contributed by atoms with Crippen LogP contribution in [0.3, 0.4) is 0 Å². The van der Waals surface area contributed by atoms with E-state index in [-0.39, 0.29) is 5.56 Å². The van der Waals surface area contributed by atoms with Crippen LogP contribution in [0.25, 0.3) is 10.9 Å². The molecule has 7 nitrogen and oxygen atoms in total. The Hall–Kier alpha value is -2.54. The Labute approximate surface area is 121 Å². The molecule has 0 amide bonds. The molecule has 0 atom stereocenters. The van der Waals surface area contributed by atoms with E-state index in [2.05, 4.69) is 25.4 Å². The summed E-state index contributed by atoms with van der Waals surface area (Å²) in [6.45, 7) is 1.23. The lowest BCUT2D eigenvalue weighted by Crippen LogP contribution is -2.21. The second-order valence-corrected chi connectivity index (χ2v) is 4.79. The number of hydrogen-bond acceptors (Lipinski definition) is 5. The van der Waals surface area contributed by atoms with Gasteiger partial charge in [-0.05, 0) is 12.1 Å². The summed E-state index contributed by atoms with van der Waals surface area (Å²) in [5.74, 6) is 1.43. The van der Waals surface area contributed by atoms with E-state index in [1.165, 1.54) is 0 Å². The molecule has 0 saturated carbocycles. The van der Waals surface area contributed by atoms with Crippen LogP contribution < -0.4 is 10.9 Å². The van der Waals surface area contributed by atoms with Crippen molar-refractivity contribution >= 4 is 10.9 Å². The molecule has 0 saturated heterocycles. The number of aryl methyl sites for hydroxylation is 1. The highest BCUT2D eigenvalue weighted by Gasteiger charge is 2.03. The Morgan fingerprint density at radius 3 is 3.00 bits per heavy atom. The standard InChI is InChI=1S/C14H16N6O/c1-20-9-16-12(19-20)6-7-15-8-13-17-11-5-3-2-4-10(11)14(21)18-13/h2-5,9,15H,6-8H2,1H3,(H,17,18,21). The van der Waals surface area contributed by atoms with E-state index in [0.717, 1.165) is 18.8 Å². The molecule has 7 heteroatoms. The van der Waals surface area contributed by atoms with Crippen LogP contribution in [0.5, 0.6) is 0 Å². The average molecular weight is 284 g/mol. The first kappa shape index (κ1) is 13.4. The van der Waals surface area contributed by atoms with E-state index in [1.54, 1.807) is 17.1 Å². The first-order valence-corrected chi connectivity index (χ1v) is 6.75. The van der Waals surface area contributed by atoms with Gasteiger partial charge in [-0.15, -0.1) is 0 Å². The molecule has 0 unspecified atom stereocenters. The van der Waals surface area contributed by atoms with Gasteiger partial charge >= 0.3 is 0 Å². The number of fused-ring (bicyclic) bond motifs is 1. The van der Waals surface area contributed by atoms with Crippen LogP contribution in [0.15, 0.2) is 35.4 Å². The molecule has 0 fully saturated rings. The molecule has 21 heavy (non-hydrogen) atoms. The average Bonchev–Trinajstić information content (AvgIpc) is 2.89. The Bertz CT molecular complexity index is 806. The van der Waals surface area contributed by atoms with Gasteiger partial charge in [0.2, 0.25) is 0 Å². The SMILES string of the molecule is Cn1cnc(CCNCc2nc3ccccc3c(=O)[nH]2)n1. The van der Waals surface area contributed by atoms with Crippen molar-refractivity contribution in [1.82, 2.24) is 30.0 Å². The third-order valence-corrected chi connectivity index (χ3v) is 3.13. The maximum atomic E-state index is 11.9. The van der Waals surface area contributed by atoms with Gasteiger partial charge in [0.1, 0.15) is 12.2 Å². The third-order valence-electron chi connectivity index (χ3n) is 3.13. The van der Waals surface area contributed by atoms with Crippen molar-refractivity contribution in [3.8, 4) is 0 Å². The van der Waals surface area contributed by atoms with Crippen molar-refractivity contribution in [3.05, 3.63) is 52.6 Å². The number of aromatic nitrogens is 5. The summed E-state index contributed by atoms with van der Waals surface area (Å²) in [5, 5.41) is 8.04. The minimum atomic E-state index is -0.108. The van der Waals surface area contributed by atoms with Gasteiger partial charge in [0.05, 0.1) is 17.4 Å². The Morgan fingerprint density at radius 1 is 1.33 bits per heavy atom. The molecule has 0 radical (unpaired) electrons. The number of hydrogen-bond donors (Lipinski definition) is 2. The van der Waals surface area contributed by atoms with Gasteiger partial charge in [0.25, 0.3) is 5.56 Å². The monoisotopic (exact) mass is 284 g/mol. The fourth-order valence-corrected chi connectivity index (χ4v) is 2.12. The maximum absolute atomic E-state index is 11.9. The fourth-order valence-electron chi connectivity index (χ4n) is 2.12. The summed E-state index contributed by atoms with van der Waals surface area (Å²) >= 11 is 0. The van der Waals surface area contributed by atoms with Crippen molar-refractivity contribution in [2.24, 2.45) is 7.05 Å². The second kappa shape index (κ2) is 5.84. The van der Waals surface area contributed by atoms with E-state index >= 15 is 0 Å². The quantitative estimate of drug-likeness (QED) is 0.661. The van der Waals surface area contributed by atoms with Crippen LogP contribution >= 0.6 is 0 Å². The minimum absolute atomic E-state index is 0.108. The number of rotatable bonds is 5. The molecule has 1 aromatic carbocycles. The van der Waals surface area contributed by atoms with Gasteiger partial charge in [-0.3, -0.25) is 9.48 Å². The second-order valence-electron chi connectivity index (χ2n) is 4.79. The maximum Gasteiger partial charge on any atom is 0.258 e. The molecule has 3 aromatic rings. The van der Waals surface area contributed by atoms with Crippen molar-refractivity contribution < 1.29 is 0 Å². The zero-order valence-corrected chi connectivity index (χ0v) is 11.7. The van der Waals surface area contributed by atoms with Gasteiger partial charge in [0.15, 0.2) is 5.82 Å². The molecule has 108 valence electrons. The minimum Gasteiger partial charge on any atom is -0.309 e. The number of nitrogens with one attached hydrogen (secondary N) is 2. The largest absolute Gasteiger partial charge is 0.309 e. The smallest absolute Gasteiger partial charge is 0.258 e. The lowest BCUT2D eigenvalue weighted by molar-refractivity contribution is 0.641. The Morgan fingerprint density at radius 2 is 2.19 bits per heavy atom. The molecule has 0 aliphatic carbocycles. The van der Waals surface area contributed by atoms with E-state index in [9.17, 15) is 4.79 Å². The number of benzene rings is 1. The molecular weight excluding hydrogens is 268 g/mol. The highest BCUT2D eigenvalue weighted by atomic mass is 16.1. The molecule has 0 aliphatic rings. The van der Waals surface area contributed by atoms with Crippen molar-refractivity contribution in [2.45, 2.75) is 13.0 Å². The summed E-state index contributed by atoms with van der Waals surface area (Å²) in [5.41, 5.74) is 0.605. The van der Waals surface area contributed by atoms with Gasteiger partial charge in [0, 0.05) is 20.0 Å². The Kier molecular flexibility index (Phi) is 3.74. The third kappa shape index (κ3) is 3.14. The summed E-state index contributed by atoms with van der Waals surface area (Å²) in [4.78, 5) is 23.3. The summed E-state index contributed by atoms with van der Waals surface area (Å²) in [7, 11) is 1.84.